The predicted molar refractivity (Wildman–Crippen MR) is 66.4 cm³/mol. The molecule has 0 aromatic heterocycles. The van der Waals surface area contributed by atoms with Crippen LogP contribution in [0.5, 0.6) is 0 Å². The number of nitriles is 1. The molecule has 1 heterocycles. The van der Waals surface area contributed by atoms with Gasteiger partial charge < -0.3 is 4.90 Å². The lowest BCUT2D eigenvalue weighted by Gasteiger charge is -2.44. The first-order chi connectivity index (χ1) is 8.95. The molecule has 0 N–H and O–H groups in total. The Kier molecular flexibility index (Phi) is 4.39. The van der Waals surface area contributed by atoms with E-state index in [2.05, 4.69) is 0 Å². The minimum absolute atomic E-state index is 0.157. The van der Waals surface area contributed by atoms with Crippen molar-refractivity contribution in [3.63, 3.8) is 0 Å². The summed E-state index contributed by atoms with van der Waals surface area (Å²) in [5, 5.41) is 8.64. The summed E-state index contributed by atoms with van der Waals surface area (Å²) in [6.07, 6.45) is 3.92. The normalized spacial score (nSPS) is 26.0. The molecule has 1 saturated carbocycles. The van der Waals surface area contributed by atoms with Gasteiger partial charge in [0.05, 0.1) is 6.07 Å². The van der Waals surface area contributed by atoms with Gasteiger partial charge in [-0.2, -0.15) is 18.4 Å². The fourth-order valence-corrected chi connectivity index (χ4v) is 3.49. The standard InChI is InChI=1S/C14H21F3N2/c15-14(16,17)12(10-18)11-19-8-6-13(7-9-19)4-2-1-3-5-13/h12H,1-9,11H2. The number of hydrogen-bond acceptors (Lipinski definition) is 2. The number of halogens is 3. The highest BCUT2D eigenvalue weighted by atomic mass is 19.4. The molecule has 0 radical (unpaired) electrons. The molecule has 2 nitrogen and oxygen atoms in total. The lowest BCUT2D eigenvalue weighted by molar-refractivity contribution is -0.164. The van der Waals surface area contributed by atoms with Gasteiger partial charge in [-0.3, -0.25) is 0 Å². The minimum atomic E-state index is -4.39. The third kappa shape index (κ3) is 3.62. The van der Waals surface area contributed by atoms with Gasteiger partial charge in [-0.1, -0.05) is 19.3 Å². The molecular formula is C14H21F3N2. The fraction of sp³-hybridized carbons (Fsp3) is 0.929. The molecular weight excluding hydrogens is 253 g/mol. The molecule has 0 amide bonds. The summed E-state index contributed by atoms with van der Waals surface area (Å²) in [4.78, 5) is 1.82. The van der Waals surface area contributed by atoms with Gasteiger partial charge in [0.15, 0.2) is 5.92 Å². The van der Waals surface area contributed by atoms with Crippen molar-refractivity contribution in [2.24, 2.45) is 11.3 Å². The Morgan fingerprint density at radius 1 is 1.05 bits per heavy atom. The first-order valence-electron chi connectivity index (χ1n) is 7.14. The van der Waals surface area contributed by atoms with E-state index >= 15 is 0 Å². The molecule has 5 heteroatoms. The third-order valence-electron chi connectivity index (χ3n) is 4.82. The van der Waals surface area contributed by atoms with Gasteiger partial charge in [-0.25, -0.2) is 0 Å². The molecule has 1 unspecified atom stereocenters. The van der Waals surface area contributed by atoms with E-state index < -0.39 is 12.1 Å². The van der Waals surface area contributed by atoms with Crippen molar-refractivity contribution in [3.05, 3.63) is 0 Å². The SMILES string of the molecule is N#CC(CN1CCC2(CCCCC2)CC1)C(F)(F)F. The molecule has 0 aromatic rings. The molecule has 0 aromatic carbocycles. The van der Waals surface area contributed by atoms with E-state index in [1.807, 2.05) is 4.90 Å². The maximum atomic E-state index is 12.6. The van der Waals surface area contributed by atoms with Crippen molar-refractivity contribution < 1.29 is 13.2 Å². The van der Waals surface area contributed by atoms with Crippen molar-refractivity contribution in [3.8, 4) is 6.07 Å². The zero-order valence-electron chi connectivity index (χ0n) is 11.2. The van der Waals surface area contributed by atoms with Gasteiger partial charge >= 0.3 is 6.18 Å². The second-order valence-corrected chi connectivity index (χ2v) is 6.08. The van der Waals surface area contributed by atoms with E-state index in [-0.39, 0.29) is 6.54 Å². The molecule has 2 aliphatic rings. The van der Waals surface area contributed by atoms with Crippen molar-refractivity contribution in [1.82, 2.24) is 4.90 Å². The molecule has 108 valence electrons. The summed E-state index contributed by atoms with van der Waals surface area (Å²) < 4.78 is 37.7. The minimum Gasteiger partial charge on any atom is -0.302 e. The maximum absolute atomic E-state index is 12.6. The monoisotopic (exact) mass is 274 g/mol. The summed E-state index contributed by atoms with van der Waals surface area (Å²) >= 11 is 0. The maximum Gasteiger partial charge on any atom is 0.405 e. The van der Waals surface area contributed by atoms with E-state index in [1.54, 1.807) is 0 Å². The lowest BCUT2D eigenvalue weighted by atomic mass is 9.68. The second-order valence-electron chi connectivity index (χ2n) is 6.08. The molecule has 1 aliphatic heterocycles. The molecule has 1 saturated heterocycles. The van der Waals surface area contributed by atoms with Gasteiger partial charge in [-0.15, -0.1) is 0 Å². The number of nitrogens with zero attached hydrogens (tertiary/aromatic N) is 2. The first-order valence-corrected chi connectivity index (χ1v) is 7.14. The van der Waals surface area contributed by atoms with Crippen molar-refractivity contribution in [2.75, 3.05) is 19.6 Å². The van der Waals surface area contributed by atoms with Crippen molar-refractivity contribution >= 4 is 0 Å². The van der Waals surface area contributed by atoms with Crippen LogP contribution in [0.25, 0.3) is 0 Å². The number of piperidine rings is 1. The van der Waals surface area contributed by atoms with Gasteiger partial charge in [0.1, 0.15) is 0 Å². The zero-order valence-corrected chi connectivity index (χ0v) is 11.2. The smallest absolute Gasteiger partial charge is 0.302 e. The van der Waals surface area contributed by atoms with Crippen LogP contribution in [0.2, 0.25) is 0 Å². The zero-order chi connectivity index (χ0) is 13.9. The largest absolute Gasteiger partial charge is 0.405 e. The molecule has 0 bridgehead atoms. The Bertz CT molecular complexity index is 330. The van der Waals surface area contributed by atoms with Gasteiger partial charge in [-0.05, 0) is 44.2 Å². The highest BCUT2D eigenvalue weighted by Crippen LogP contribution is 2.44. The van der Waals surface area contributed by atoms with Crippen LogP contribution in [0.4, 0.5) is 13.2 Å². The molecule has 1 aliphatic carbocycles. The molecule has 2 rings (SSSR count). The third-order valence-corrected chi connectivity index (χ3v) is 4.82. The highest BCUT2D eigenvalue weighted by Gasteiger charge is 2.42. The number of hydrogen-bond donors (Lipinski definition) is 0. The molecule has 1 atom stereocenters. The van der Waals surface area contributed by atoms with Crippen molar-refractivity contribution in [1.29, 1.82) is 5.26 Å². The van der Waals surface area contributed by atoms with Crippen LogP contribution in [0, 0.1) is 22.7 Å². The van der Waals surface area contributed by atoms with Crippen LogP contribution >= 0.6 is 0 Å². The summed E-state index contributed by atoms with van der Waals surface area (Å²) in [5.74, 6) is -1.84. The Morgan fingerprint density at radius 2 is 1.63 bits per heavy atom. The average Bonchev–Trinajstić information content (AvgIpc) is 2.38. The summed E-state index contributed by atoms with van der Waals surface area (Å²) in [6.45, 7) is 1.28. The topological polar surface area (TPSA) is 27.0 Å². The Morgan fingerprint density at radius 3 is 2.11 bits per heavy atom. The lowest BCUT2D eigenvalue weighted by Crippen LogP contribution is -2.44. The molecule has 2 fully saturated rings. The predicted octanol–water partition coefficient (Wildman–Crippen LogP) is 3.73. The summed E-state index contributed by atoms with van der Waals surface area (Å²) in [6, 6.07) is 1.39. The summed E-state index contributed by atoms with van der Waals surface area (Å²) in [5.41, 5.74) is 0.398. The van der Waals surface area contributed by atoms with Crippen LogP contribution in [0.1, 0.15) is 44.9 Å². The first kappa shape index (κ1) is 14.6. The second kappa shape index (κ2) is 5.70. The average molecular weight is 274 g/mol. The Labute approximate surface area is 112 Å². The number of rotatable bonds is 2. The molecule has 1 spiro atoms. The Hall–Kier alpha value is -0.760. The quantitative estimate of drug-likeness (QED) is 0.767. The Balaban J connectivity index is 1.85. The van der Waals surface area contributed by atoms with Crippen LogP contribution in [-0.4, -0.2) is 30.7 Å². The van der Waals surface area contributed by atoms with E-state index in [9.17, 15) is 13.2 Å². The molecule has 19 heavy (non-hydrogen) atoms. The van der Waals surface area contributed by atoms with Crippen molar-refractivity contribution in [2.45, 2.75) is 51.1 Å². The van der Waals surface area contributed by atoms with E-state index in [0.717, 1.165) is 12.8 Å². The fourth-order valence-electron chi connectivity index (χ4n) is 3.49. The number of alkyl halides is 3. The van der Waals surface area contributed by atoms with Crippen LogP contribution in [-0.2, 0) is 0 Å². The van der Waals surface area contributed by atoms with Crippen LogP contribution in [0.3, 0.4) is 0 Å². The van der Waals surface area contributed by atoms with Crippen LogP contribution in [0.15, 0.2) is 0 Å². The summed E-state index contributed by atoms with van der Waals surface area (Å²) in [7, 11) is 0. The highest BCUT2D eigenvalue weighted by molar-refractivity contribution is 4.94. The van der Waals surface area contributed by atoms with Gasteiger partial charge in [0.2, 0.25) is 0 Å². The van der Waals surface area contributed by atoms with Gasteiger partial charge in [0.25, 0.3) is 0 Å². The number of likely N-dealkylation sites (tertiary alicyclic amines) is 1. The van der Waals surface area contributed by atoms with E-state index in [4.69, 9.17) is 5.26 Å². The van der Waals surface area contributed by atoms with Gasteiger partial charge in [0, 0.05) is 6.54 Å². The van der Waals surface area contributed by atoms with E-state index in [0.29, 0.717) is 18.5 Å². The van der Waals surface area contributed by atoms with Crippen LogP contribution < -0.4 is 0 Å². The van der Waals surface area contributed by atoms with E-state index in [1.165, 1.54) is 38.2 Å².